The first-order valence-electron chi connectivity index (χ1n) is 7.73. The Kier molecular flexibility index (Phi) is 5.58. The molecular formula is C16H16ClIN4O3S. The van der Waals surface area contributed by atoms with E-state index in [1.54, 1.807) is 35.1 Å². The lowest BCUT2D eigenvalue weighted by atomic mass is 10.2. The number of hydrogen-bond acceptors (Lipinski definition) is 5. The van der Waals surface area contributed by atoms with Crippen molar-refractivity contribution >= 4 is 60.8 Å². The third kappa shape index (κ3) is 3.89. The van der Waals surface area contributed by atoms with Crippen molar-refractivity contribution in [3.8, 4) is 11.4 Å². The van der Waals surface area contributed by atoms with E-state index in [0.717, 1.165) is 14.6 Å². The average molecular weight is 507 g/mol. The smallest absolute Gasteiger partial charge is 0.232 e. The number of aromatic nitrogens is 3. The molecule has 0 saturated carbocycles. The Balaban J connectivity index is 2.08. The van der Waals surface area contributed by atoms with Gasteiger partial charge in [0, 0.05) is 18.3 Å². The van der Waals surface area contributed by atoms with Crippen LogP contribution in [-0.2, 0) is 10.0 Å². The second kappa shape index (κ2) is 7.57. The first-order valence-corrected chi connectivity index (χ1v) is 10.8. The number of hydrogen-bond donors (Lipinski definition) is 1. The normalized spacial score (nSPS) is 11.7. The van der Waals surface area contributed by atoms with Crippen LogP contribution in [0.5, 0.6) is 5.75 Å². The van der Waals surface area contributed by atoms with Gasteiger partial charge in [-0.05, 0) is 41.1 Å². The predicted octanol–water partition coefficient (Wildman–Crippen LogP) is 3.84. The van der Waals surface area contributed by atoms with Gasteiger partial charge in [-0.15, -0.1) is 0 Å². The SMILES string of the molecule is CCCS(=O)(=O)Nc1ccc(-n2nc(I)c3cnc(Cl)cc32)c(OC)c1. The Morgan fingerprint density at radius 3 is 2.81 bits per heavy atom. The van der Waals surface area contributed by atoms with E-state index in [4.69, 9.17) is 16.3 Å². The van der Waals surface area contributed by atoms with Gasteiger partial charge in [-0.25, -0.2) is 18.1 Å². The van der Waals surface area contributed by atoms with Gasteiger partial charge in [-0.1, -0.05) is 18.5 Å². The van der Waals surface area contributed by atoms with E-state index >= 15 is 0 Å². The molecule has 0 radical (unpaired) electrons. The van der Waals surface area contributed by atoms with Gasteiger partial charge in [0.05, 0.1) is 29.5 Å². The number of nitrogens with one attached hydrogen (secondary N) is 1. The lowest BCUT2D eigenvalue weighted by Crippen LogP contribution is -2.16. The monoisotopic (exact) mass is 506 g/mol. The van der Waals surface area contributed by atoms with Crippen LogP contribution < -0.4 is 9.46 Å². The molecule has 0 unspecified atom stereocenters. The first-order chi connectivity index (χ1) is 12.3. The number of halogens is 2. The molecule has 2 aromatic heterocycles. The fourth-order valence-electron chi connectivity index (χ4n) is 2.55. The quantitative estimate of drug-likeness (QED) is 0.406. The fourth-order valence-corrected chi connectivity index (χ4v) is 4.46. The van der Waals surface area contributed by atoms with E-state index in [0.29, 0.717) is 28.7 Å². The third-order valence-electron chi connectivity index (χ3n) is 3.64. The van der Waals surface area contributed by atoms with Crippen molar-refractivity contribution in [3.05, 3.63) is 39.3 Å². The highest BCUT2D eigenvalue weighted by Gasteiger charge is 2.16. The molecule has 0 spiro atoms. The number of methoxy groups -OCH3 is 1. The van der Waals surface area contributed by atoms with Crippen molar-refractivity contribution in [2.45, 2.75) is 13.3 Å². The summed E-state index contributed by atoms with van der Waals surface area (Å²) in [5.41, 5.74) is 1.89. The Morgan fingerprint density at radius 1 is 1.35 bits per heavy atom. The minimum atomic E-state index is -3.38. The minimum Gasteiger partial charge on any atom is -0.494 e. The molecule has 0 fully saturated rings. The van der Waals surface area contributed by atoms with Gasteiger partial charge in [-0.2, -0.15) is 5.10 Å². The van der Waals surface area contributed by atoms with Crippen molar-refractivity contribution in [2.75, 3.05) is 17.6 Å². The lowest BCUT2D eigenvalue weighted by Gasteiger charge is -2.13. The number of ether oxygens (including phenoxy) is 1. The number of fused-ring (bicyclic) bond motifs is 1. The number of pyridine rings is 1. The minimum absolute atomic E-state index is 0.0601. The predicted molar refractivity (Wildman–Crippen MR) is 111 cm³/mol. The maximum Gasteiger partial charge on any atom is 0.232 e. The second-order valence-electron chi connectivity index (χ2n) is 5.53. The van der Waals surface area contributed by atoms with E-state index in [1.165, 1.54) is 7.11 Å². The van der Waals surface area contributed by atoms with Gasteiger partial charge < -0.3 is 4.74 Å². The van der Waals surface area contributed by atoms with Crippen molar-refractivity contribution in [3.63, 3.8) is 0 Å². The molecule has 0 bridgehead atoms. The summed E-state index contributed by atoms with van der Waals surface area (Å²) in [6.07, 6.45) is 2.21. The Hall–Kier alpha value is -1.59. The molecule has 3 aromatic rings. The van der Waals surface area contributed by atoms with E-state index in [-0.39, 0.29) is 5.75 Å². The Morgan fingerprint density at radius 2 is 2.12 bits per heavy atom. The van der Waals surface area contributed by atoms with Crippen molar-refractivity contribution in [1.29, 1.82) is 0 Å². The molecule has 0 aliphatic carbocycles. The van der Waals surface area contributed by atoms with Gasteiger partial charge in [0.25, 0.3) is 0 Å². The molecule has 26 heavy (non-hydrogen) atoms. The molecule has 0 saturated heterocycles. The molecule has 138 valence electrons. The van der Waals surface area contributed by atoms with Gasteiger partial charge >= 0.3 is 0 Å². The number of rotatable bonds is 6. The van der Waals surface area contributed by atoms with Crippen LogP contribution in [0.15, 0.2) is 30.5 Å². The molecular weight excluding hydrogens is 491 g/mol. The zero-order valence-electron chi connectivity index (χ0n) is 14.0. The van der Waals surface area contributed by atoms with E-state index in [9.17, 15) is 8.42 Å². The number of benzene rings is 1. The van der Waals surface area contributed by atoms with Crippen LogP contribution in [0.25, 0.3) is 16.6 Å². The second-order valence-corrected chi connectivity index (χ2v) is 8.79. The van der Waals surface area contributed by atoms with Crippen molar-refractivity contribution in [1.82, 2.24) is 14.8 Å². The van der Waals surface area contributed by atoms with Crippen LogP contribution in [0, 0.1) is 3.70 Å². The molecule has 3 rings (SSSR count). The molecule has 7 nitrogen and oxygen atoms in total. The molecule has 1 aromatic carbocycles. The zero-order valence-corrected chi connectivity index (χ0v) is 17.8. The zero-order chi connectivity index (χ0) is 18.9. The topological polar surface area (TPSA) is 86.1 Å². The average Bonchev–Trinajstić information content (AvgIpc) is 2.90. The Labute approximate surface area is 169 Å². The maximum absolute atomic E-state index is 12.0. The molecule has 1 N–H and O–H groups in total. The van der Waals surface area contributed by atoms with Crippen LogP contribution in [0.4, 0.5) is 5.69 Å². The van der Waals surface area contributed by atoms with Gasteiger partial charge in [0.15, 0.2) is 0 Å². The third-order valence-corrected chi connectivity index (χ3v) is 6.14. The summed E-state index contributed by atoms with van der Waals surface area (Å²) in [7, 11) is -1.86. The number of anilines is 1. The molecule has 2 heterocycles. The highest BCUT2D eigenvalue weighted by Crippen LogP contribution is 2.31. The summed E-state index contributed by atoms with van der Waals surface area (Å²) in [5.74, 6) is 0.542. The van der Waals surface area contributed by atoms with E-state index < -0.39 is 10.0 Å². The van der Waals surface area contributed by atoms with Gasteiger partial charge in [0.2, 0.25) is 10.0 Å². The lowest BCUT2D eigenvalue weighted by molar-refractivity contribution is 0.412. The summed E-state index contributed by atoms with van der Waals surface area (Å²) in [6.45, 7) is 1.81. The standard InChI is InChI=1S/C16H16ClIN4O3S/c1-3-6-26(23,24)21-10-4-5-12(14(7-10)25-2)22-13-8-15(17)19-9-11(13)16(18)20-22/h4-5,7-9,21H,3,6H2,1-2H3. The van der Waals surface area contributed by atoms with Crippen LogP contribution in [-0.4, -0.2) is 36.0 Å². The summed E-state index contributed by atoms with van der Waals surface area (Å²) >= 11 is 8.15. The first kappa shape index (κ1) is 19.2. The number of sulfonamides is 1. The van der Waals surface area contributed by atoms with Crippen molar-refractivity contribution < 1.29 is 13.2 Å². The Bertz CT molecular complexity index is 1070. The summed E-state index contributed by atoms with van der Waals surface area (Å²) in [6, 6.07) is 6.78. The van der Waals surface area contributed by atoms with E-state index in [2.05, 4.69) is 37.4 Å². The van der Waals surface area contributed by atoms with Crippen molar-refractivity contribution in [2.24, 2.45) is 0 Å². The molecule has 0 atom stereocenters. The molecule has 0 amide bonds. The fraction of sp³-hybridized carbons (Fsp3) is 0.250. The largest absolute Gasteiger partial charge is 0.494 e. The highest BCUT2D eigenvalue weighted by molar-refractivity contribution is 14.1. The van der Waals surface area contributed by atoms with Gasteiger partial charge in [-0.3, -0.25) is 4.72 Å². The van der Waals surface area contributed by atoms with Crippen LogP contribution in [0.2, 0.25) is 5.15 Å². The maximum atomic E-state index is 12.0. The van der Waals surface area contributed by atoms with E-state index in [1.807, 2.05) is 6.92 Å². The summed E-state index contributed by atoms with van der Waals surface area (Å²) in [4.78, 5) is 4.09. The highest BCUT2D eigenvalue weighted by atomic mass is 127. The molecule has 0 aliphatic heterocycles. The summed E-state index contributed by atoms with van der Waals surface area (Å²) < 4.78 is 34.4. The van der Waals surface area contributed by atoms with Crippen LogP contribution >= 0.6 is 34.2 Å². The molecule has 10 heteroatoms. The van der Waals surface area contributed by atoms with Gasteiger partial charge in [0.1, 0.15) is 20.3 Å². The molecule has 0 aliphatic rings. The number of nitrogens with zero attached hydrogens (tertiary/aromatic N) is 3. The van der Waals surface area contributed by atoms with Crippen LogP contribution in [0.3, 0.4) is 0 Å². The summed E-state index contributed by atoms with van der Waals surface area (Å²) in [5, 5.41) is 5.75. The van der Waals surface area contributed by atoms with Crippen LogP contribution in [0.1, 0.15) is 13.3 Å².